The second-order valence-electron chi connectivity index (χ2n) is 7.85. The van der Waals surface area contributed by atoms with E-state index in [1.54, 1.807) is 5.70 Å². The van der Waals surface area contributed by atoms with Gasteiger partial charge in [-0.2, -0.15) is 0 Å². The van der Waals surface area contributed by atoms with Gasteiger partial charge in [0.2, 0.25) is 0 Å². The van der Waals surface area contributed by atoms with E-state index in [2.05, 4.69) is 66.1 Å². The maximum absolute atomic E-state index is 5.88. The highest BCUT2D eigenvalue weighted by Crippen LogP contribution is 2.61. The van der Waals surface area contributed by atoms with E-state index in [4.69, 9.17) is 12.2 Å². The molecule has 1 rings (SSSR count). The van der Waals surface area contributed by atoms with Crippen LogP contribution in [0.3, 0.4) is 0 Å². The lowest BCUT2D eigenvalue weighted by Crippen LogP contribution is -2.57. The SMILES string of the molecule is CCN(CC)C1=C(C(C)(C)C)C(=S)C1(C)[Si](C)(C)C. The van der Waals surface area contributed by atoms with E-state index in [-0.39, 0.29) is 10.5 Å². The maximum Gasteiger partial charge on any atom is 0.0639 e. The predicted molar refractivity (Wildman–Crippen MR) is 93.7 cm³/mol. The van der Waals surface area contributed by atoms with Crippen LogP contribution in [0.2, 0.25) is 24.7 Å². The lowest BCUT2D eigenvalue weighted by molar-refractivity contribution is 0.329. The molecule has 1 aliphatic carbocycles. The zero-order chi connectivity index (χ0) is 15.2. The third-order valence-electron chi connectivity index (χ3n) is 4.72. The van der Waals surface area contributed by atoms with Gasteiger partial charge in [-0.15, -0.1) is 0 Å². The van der Waals surface area contributed by atoms with Gasteiger partial charge in [-0.25, -0.2) is 0 Å². The van der Waals surface area contributed by atoms with Crippen LogP contribution in [0.5, 0.6) is 0 Å². The van der Waals surface area contributed by atoms with Crippen LogP contribution in [0.15, 0.2) is 11.3 Å². The Labute approximate surface area is 126 Å². The minimum absolute atomic E-state index is 0.161. The molecular formula is C16H31NSSi. The fourth-order valence-corrected chi connectivity index (χ4v) is 6.28. The first-order chi connectivity index (χ1) is 8.42. The van der Waals surface area contributed by atoms with Crippen LogP contribution in [-0.4, -0.2) is 30.9 Å². The molecule has 0 aromatic rings. The number of nitrogens with zero attached hydrogens (tertiary/aromatic N) is 1. The van der Waals surface area contributed by atoms with E-state index in [9.17, 15) is 0 Å². The van der Waals surface area contributed by atoms with Gasteiger partial charge < -0.3 is 4.90 Å². The van der Waals surface area contributed by atoms with Crippen molar-refractivity contribution in [2.24, 2.45) is 5.41 Å². The van der Waals surface area contributed by atoms with Crippen LogP contribution in [0, 0.1) is 5.41 Å². The van der Waals surface area contributed by atoms with E-state index in [0.29, 0.717) is 0 Å². The summed E-state index contributed by atoms with van der Waals surface area (Å²) < 4.78 is 0. The van der Waals surface area contributed by atoms with E-state index in [0.717, 1.165) is 13.1 Å². The van der Waals surface area contributed by atoms with Gasteiger partial charge in [0.05, 0.1) is 8.07 Å². The smallest absolute Gasteiger partial charge is 0.0639 e. The summed E-state index contributed by atoms with van der Waals surface area (Å²) in [6.07, 6.45) is 0. The average Bonchev–Trinajstić information content (AvgIpc) is 2.24. The van der Waals surface area contributed by atoms with Crippen molar-refractivity contribution in [2.75, 3.05) is 13.1 Å². The highest BCUT2D eigenvalue weighted by molar-refractivity contribution is 7.81. The minimum atomic E-state index is -1.38. The third-order valence-corrected chi connectivity index (χ3v) is 9.00. The van der Waals surface area contributed by atoms with Crippen molar-refractivity contribution in [3.05, 3.63) is 11.3 Å². The Morgan fingerprint density at radius 2 is 1.53 bits per heavy atom. The summed E-state index contributed by atoms with van der Waals surface area (Å²) in [5, 5.41) is 0.164. The molecule has 1 nitrogen and oxygen atoms in total. The number of thiocarbonyl (C=S) groups is 1. The maximum atomic E-state index is 5.88. The molecule has 0 aliphatic heterocycles. The van der Waals surface area contributed by atoms with E-state index in [1.807, 2.05) is 0 Å². The number of hydrogen-bond donors (Lipinski definition) is 0. The molecule has 19 heavy (non-hydrogen) atoms. The minimum Gasteiger partial charge on any atom is -0.375 e. The van der Waals surface area contributed by atoms with Crippen LogP contribution in [0.1, 0.15) is 41.5 Å². The molecular weight excluding hydrogens is 266 g/mol. The van der Waals surface area contributed by atoms with Crippen LogP contribution >= 0.6 is 12.2 Å². The van der Waals surface area contributed by atoms with Crippen molar-refractivity contribution >= 4 is 25.2 Å². The highest BCUT2D eigenvalue weighted by Gasteiger charge is 2.57. The first kappa shape index (κ1) is 16.9. The Balaban J connectivity index is 3.50. The Morgan fingerprint density at radius 1 is 1.11 bits per heavy atom. The number of allylic oxidation sites excluding steroid dienone is 2. The molecule has 0 fully saturated rings. The lowest BCUT2D eigenvalue weighted by Gasteiger charge is -2.57. The molecule has 1 aliphatic rings. The fraction of sp³-hybridized carbons (Fsp3) is 0.812. The summed E-state index contributed by atoms with van der Waals surface area (Å²) in [4.78, 5) is 3.77. The van der Waals surface area contributed by atoms with Crippen LogP contribution < -0.4 is 0 Å². The summed E-state index contributed by atoms with van der Waals surface area (Å²) in [6, 6.07) is 0. The van der Waals surface area contributed by atoms with Crippen LogP contribution in [0.4, 0.5) is 0 Å². The summed E-state index contributed by atoms with van der Waals surface area (Å²) in [6.45, 7) is 23.3. The zero-order valence-electron chi connectivity index (χ0n) is 14.3. The molecule has 0 aromatic heterocycles. The molecule has 0 saturated carbocycles. The van der Waals surface area contributed by atoms with Gasteiger partial charge in [-0.3, -0.25) is 0 Å². The van der Waals surface area contributed by atoms with Crippen molar-refractivity contribution in [3.63, 3.8) is 0 Å². The molecule has 0 radical (unpaired) electrons. The quantitative estimate of drug-likeness (QED) is 0.524. The monoisotopic (exact) mass is 297 g/mol. The molecule has 1 atom stereocenters. The topological polar surface area (TPSA) is 3.24 Å². The molecule has 3 heteroatoms. The Hall–Kier alpha value is -0.153. The van der Waals surface area contributed by atoms with Crippen LogP contribution in [0.25, 0.3) is 0 Å². The standard InChI is InChI=1S/C16H31NSSi/c1-10-17(11-2)13-12(15(3,4)5)14(18)16(13,6)19(7,8)9/h10-11H2,1-9H3. The Bertz CT molecular complexity index is 407. The van der Waals surface area contributed by atoms with Gasteiger partial charge in [0.15, 0.2) is 0 Å². The second-order valence-corrected chi connectivity index (χ2v) is 13.8. The van der Waals surface area contributed by atoms with Crippen molar-refractivity contribution in [1.29, 1.82) is 0 Å². The molecule has 0 spiro atoms. The van der Waals surface area contributed by atoms with Crippen molar-refractivity contribution < 1.29 is 0 Å². The van der Waals surface area contributed by atoms with Crippen molar-refractivity contribution in [2.45, 2.75) is 66.2 Å². The first-order valence-electron chi connectivity index (χ1n) is 7.47. The fourth-order valence-electron chi connectivity index (χ4n) is 3.06. The van der Waals surface area contributed by atoms with Gasteiger partial charge in [-0.1, -0.05) is 59.6 Å². The summed E-state index contributed by atoms with van der Waals surface area (Å²) in [5.74, 6) is 0. The summed E-state index contributed by atoms with van der Waals surface area (Å²) >= 11 is 5.88. The van der Waals surface area contributed by atoms with Crippen LogP contribution in [-0.2, 0) is 0 Å². The molecule has 0 aromatic carbocycles. The molecule has 0 heterocycles. The molecule has 0 amide bonds. The largest absolute Gasteiger partial charge is 0.375 e. The van der Waals surface area contributed by atoms with Crippen molar-refractivity contribution in [3.8, 4) is 0 Å². The van der Waals surface area contributed by atoms with Crippen molar-refractivity contribution in [1.82, 2.24) is 4.90 Å². The average molecular weight is 298 g/mol. The third kappa shape index (κ3) is 2.44. The normalized spacial score (nSPS) is 24.6. The van der Waals surface area contributed by atoms with Gasteiger partial charge in [-0.05, 0) is 24.8 Å². The zero-order valence-corrected chi connectivity index (χ0v) is 16.1. The molecule has 0 saturated heterocycles. The van der Waals surface area contributed by atoms with E-state index in [1.165, 1.54) is 10.4 Å². The van der Waals surface area contributed by atoms with Gasteiger partial charge in [0.25, 0.3) is 0 Å². The first-order valence-corrected chi connectivity index (χ1v) is 11.4. The Kier molecular flexibility index (Phi) is 4.44. The van der Waals surface area contributed by atoms with E-state index < -0.39 is 8.07 Å². The number of rotatable bonds is 4. The second kappa shape index (κ2) is 4.99. The van der Waals surface area contributed by atoms with Gasteiger partial charge in [0.1, 0.15) is 0 Å². The number of hydrogen-bond acceptors (Lipinski definition) is 2. The predicted octanol–water partition coefficient (Wildman–Crippen LogP) is 5.11. The summed E-state index contributed by atoms with van der Waals surface area (Å²) in [7, 11) is -1.38. The summed E-state index contributed by atoms with van der Waals surface area (Å²) in [5.41, 5.74) is 3.15. The molecule has 0 N–H and O–H groups in total. The van der Waals surface area contributed by atoms with Gasteiger partial charge in [0, 0.05) is 28.7 Å². The van der Waals surface area contributed by atoms with E-state index >= 15 is 0 Å². The lowest BCUT2D eigenvalue weighted by atomic mass is 9.69. The van der Waals surface area contributed by atoms with Gasteiger partial charge >= 0.3 is 0 Å². The highest BCUT2D eigenvalue weighted by atomic mass is 32.1. The molecule has 1 unspecified atom stereocenters. The Morgan fingerprint density at radius 3 is 1.79 bits per heavy atom. The molecule has 110 valence electrons. The molecule has 0 bridgehead atoms.